The van der Waals surface area contributed by atoms with Crippen molar-refractivity contribution in [2.45, 2.75) is 52.0 Å². The minimum atomic E-state index is 0.410. The number of nitrogens with one attached hydrogen (secondary N) is 1. The van der Waals surface area contributed by atoms with E-state index >= 15 is 0 Å². The normalized spacial score (nSPS) is 16.9. The molecule has 1 aromatic heterocycles. The molecule has 1 aliphatic carbocycles. The number of H-pyrrole nitrogens is 1. The third kappa shape index (κ3) is 3.11. The van der Waals surface area contributed by atoms with Gasteiger partial charge in [-0.05, 0) is 25.2 Å². The van der Waals surface area contributed by atoms with E-state index in [1.807, 2.05) is 0 Å². The zero-order valence-corrected chi connectivity index (χ0v) is 10.8. The van der Waals surface area contributed by atoms with Crippen molar-refractivity contribution in [1.82, 2.24) is 15.2 Å². The molecule has 0 atom stereocenters. The fourth-order valence-electron chi connectivity index (χ4n) is 2.45. The minimum Gasteiger partial charge on any atom is -0.368 e. The second-order valence-electron chi connectivity index (χ2n) is 5.33. The predicted octanol–water partition coefficient (Wildman–Crippen LogP) is 2.18. The summed E-state index contributed by atoms with van der Waals surface area (Å²) in [6, 6.07) is 0.601. The highest BCUT2D eigenvalue weighted by Gasteiger charge is 2.25. The zero-order chi connectivity index (χ0) is 12.3. The fraction of sp³-hybridized carbons (Fsp3) is 0.833. The molecule has 0 amide bonds. The van der Waals surface area contributed by atoms with Gasteiger partial charge >= 0.3 is 0 Å². The van der Waals surface area contributed by atoms with E-state index in [9.17, 15) is 0 Å². The van der Waals surface area contributed by atoms with Crippen LogP contribution in [0.1, 0.15) is 46.0 Å². The third-order valence-corrected chi connectivity index (χ3v) is 3.46. The lowest BCUT2D eigenvalue weighted by Crippen LogP contribution is -2.35. The lowest BCUT2D eigenvalue weighted by molar-refractivity contribution is 0.521. The number of nitrogens with two attached hydrogens (primary N) is 1. The number of aromatic nitrogens is 3. The van der Waals surface area contributed by atoms with Crippen LogP contribution in [0.15, 0.2) is 0 Å². The quantitative estimate of drug-likeness (QED) is 0.823. The Hall–Kier alpha value is -1.26. The van der Waals surface area contributed by atoms with E-state index < -0.39 is 0 Å². The smallest absolute Gasteiger partial charge is 0.246 e. The molecule has 0 radical (unpaired) electrons. The largest absolute Gasteiger partial charge is 0.368 e. The van der Waals surface area contributed by atoms with E-state index in [1.165, 1.54) is 32.1 Å². The monoisotopic (exact) mass is 237 g/mol. The van der Waals surface area contributed by atoms with Crippen LogP contribution in [0.5, 0.6) is 0 Å². The number of aromatic amines is 1. The summed E-state index contributed by atoms with van der Waals surface area (Å²) in [7, 11) is 0. The van der Waals surface area contributed by atoms with E-state index in [-0.39, 0.29) is 0 Å². The maximum atomic E-state index is 5.62. The number of rotatable bonds is 5. The molecular weight excluding hydrogens is 214 g/mol. The van der Waals surface area contributed by atoms with Crippen LogP contribution < -0.4 is 10.6 Å². The molecule has 96 valence electrons. The molecule has 2 rings (SSSR count). The maximum Gasteiger partial charge on any atom is 0.246 e. The minimum absolute atomic E-state index is 0.410. The van der Waals surface area contributed by atoms with Gasteiger partial charge in [0.1, 0.15) is 0 Å². The number of nitrogen functional groups attached to an aromatic ring is 1. The first-order valence-corrected chi connectivity index (χ1v) is 6.61. The average molecular weight is 237 g/mol. The Bertz CT molecular complexity index is 340. The van der Waals surface area contributed by atoms with Crippen molar-refractivity contribution in [3.05, 3.63) is 0 Å². The van der Waals surface area contributed by atoms with Crippen molar-refractivity contribution < 1.29 is 0 Å². The molecule has 1 fully saturated rings. The van der Waals surface area contributed by atoms with Crippen LogP contribution in [0, 0.1) is 5.92 Å². The summed E-state index contributed by atoms with van der Waals surface area (Å²) >= 11 is 0. The van der Waals surface area contributed by atoms with Gasteiger partial charge in [0.25, 0.3) is 0 Å². The number of hydrogen-bond acceptors (Lipinski definition) is 4. The molecule has 1 aromatic rings. The molecule has 17 heavy (non-hydrogen) atoms. The van der Waals surface area contributed by atoms with Gasteiger partial charge in [-0.3, -0.25) is 0 Å². The van der Waals surface area contributed by atoms with Crippen molar-refractivity contribution in [2.24, 2.45) is 5.92 Å². The predicted molar refractivity (Wildman–Crippen MR) is 69.9 cm³/mol. The van der Waals surface area contributed by atoms with E-state index in [4.69, 9.17) is 5.73 Å². The first-order chi connectivity index (χ1) is 8.16. The molecule has 1 aliphatic rings. The molecule has 0 bridgehead atoms. The third-order valence-electron chi connectivity index (χ3n) is 3.46. The van der Waals surface area contributed by atoms with Crippen LogP contribution >= 0.6 is 0 Å². The van der Waals surface area contributed by atoms with Gasteiger partial charge in [-0.25, -0.2) is 5.10 Å². The molecule has 1 heterocycles. The Balaban J connectivity index is 2.05. The summed E-state index contributed by atoms with van der Waals surface area (Å²) in [5, 5.41) is 6.94. The first kappa shape index (κ1) is 12.2. The Labute approximate surface area is 103 Å². The van der Waals surface area contributed by atoms with Gasteiger partial charge in [-0.2, -0.15) is 4.98 Å². The van der Waals surface area contributed by atoms with Gasteiger partial charge in [0.05, 0.1) is 0 Å². The molecule has 0 spiro atoms. The van der Waals surface area contributed by atoms with Crippen LogP contribution in [0.25, 0.3) is 0 Å². The van der Waals surface area contributed by atoms with Gasteiger partial charge in [0.15, 0.2) is 0 Å². The molecule has 0 aromatic carbocycles. The summed E-state index contributed by atoms with van der Waals surface area (Å²) in [5.74, 6) is 1.89. The summed E-state index contributed by atoms with van der Waals surface area (Å²) in [5.41, 5.74) is 5.62. The Morgan fingerprint density at radius 3 is 2.65 bits per heavy atom. The molecule has 3 N–H and O–H groups in total. The van der Waals surface area contributed by atoms with E-state index in [0.29, 0.717) is 17.9 Å². The summed E-state index contributed by atoms with van der Waals surface area (Å²) < 4.78 is 0. The topological polar surface area (TPSA) is 70.8 Å². The Kier molecular flexibility index (Phi) is 3.86. The van der Waals surface area contributed by atoms with Crippen molar-refractivity contribution in [1.29, 1.82) is 0 Å². The van der Waals surface area contributed by atoms with Crippen LogP contribution in [0.4, 0.5) is 11.9 Å². The second-order valence-corrected chi connectivity index (χ2v) is 5.33. The van der Waals surface area contributed by atoms with Crippen LogP contribution in [-0.4, -0.2) is 27.8 Å². The van der Waals surface area contributed by atoms with Crippen LogP contribution in [0.2, 0.25) is 0 Å². The Morgan fingerprint density at radius 2 is 2.12 bits per heavy atom. The standard InChI is InChI=1S/C12H23N5/c1-9(2)7-8-17(10-5-3-4-6-10)12-14-11(13)15-16-12/h9-10H,3-8H2,1-2H3,(H3,13,14,15,16). The molecule has 0 saturated heterocycles. The molecular formula is C12H23N5. The lowest BCUT2D eigenvalue weighted by atomic mass is 10.1. The highest BCUT2D eigenvalue weighted by Crippen LogP contribution is 2.27. The Morgan fingerprint density at radius 1 is 1.41 bits per heavy atom. The molecule has 1 saturated carbocycles. The van der Waals surface area contributed by atoms with Gasteiger partial charge in [-0.1, -0.05) is 26.7 Å². The van der Waals surface area contributed by atoms with Crippen molar-refractivity contribution in [3.8, 4) is 0 Å². The van der Waals surface area contributed by atoms with Crippen molar-refractivity contribution in [2.75, 3.05) is 17.2 Å². The molecule has 0 aliphatic heterocycles. The average Bonchev–Trinajstić information content (AvgIpc) is 2.90. The van der Waals surface area contributed by atoms with E-state index in [2.05, 4.69) is 33.9 Å². The summed E-state index contributed by atoms with van der Waals surface area (Å²) in [6.07, 6.45) is 6.33. The van der Waals surface area contributed by atoms with Crippen LogP contribution in [0.3, 0.4) is 0 Å². The second kappa shape index (κ2) is 5.38. The number of hydrogen-bond donors (Lipinski definition) is 2. The van der Waals surface area contributed by atoms with Gasteiger partial charge < -0.3 is 10.6 Å². The van der Waals surface area contributed by atoms with Gasteiger partial charge in [0.2, 0.25) is 11.9 Å². The fourth-order valence-corrected chi connectivity index (χ4v) is 2.45. The highest BCUT2D eigenvalue weighted by molar-refractivity contribution is 5.35. The molecule has 0 unspecified atom stereocenters. The zero-order valence-electron chi connectivity index (χ0n) is 10.8. The maximum absolute atomic E-state index is 5.62. The van der Waals surface area contributed by atoms with Gasteiger partial charge in [-0.15, -0.1) is 5.10 Å². The lowest BCUT2D eigenvalue weighted by Gasteiger charge is -2.28. The van der Waals surface area contributed by atoms with Crippen molar-refractivity contribution >= 4 is 11.9 Å². The first-order valence-electron chi connectivity index (χ1n) is 6.61. The molecule has 5 nitrogen and oxygen atoms in total. The summed E-state index contributed by atoms with van der Waals surface area (Å²) in [6.45, 7) is 5.53. The number of anilines is 2. The summed E-state index contributed by atoms with van der Waals surface area (Å²) in [4.78, 5) is 6.60. The van der Waals surface area contributed by atoms with E-state index in [1.54, 1.807) is 0 Å². The number of nitrogens with zero attached hydrogens (tertiary/aromatic N) is 3. The highest BCUT2D eigenvalue weighted by atomic mass is 15.4. The van der Waals surface area contributed by atoms with Crippen molar-refractivity contribution in [3.63, 3.8) is 0 Å². The molecule has 5 heteroatoms. The van der Waals surface area contributed by atoms with Gasteiger partial charge in [0, 0.05) is 12.6 Å². The SMILES string of the molecule is CC(C)CCN(c1n[nH]c(N)n1)C1CCCC1. The van der Waals surface area contributed by atoms with Crippen LogP contribution in [-0.2, 0) is 0 Å². The van der Waals surface area contributed by atoms with E-state index in [0.717, 1.165) is 12.5 Å².